The number of carbonyl (C=O) groups excluding carboxylic acids is 2. The van der Waals surface area contributed by atoms with E-state index in [1.54, 1.807) is 12.1 Å². The van der Waals surface area contributed by atoms with Gasteiger partial charge in [-0.05, 0) is 30.7 Å². The lowest BCUT2D eigenvalue weighted by Gasteiger charge is -2.16. The molecule has 0 bridgehead atoms. The summed E-state index contributed by atoms with van der Waals surface area (Å²) in [6.45, 7) is 7.50. The Balaban J connectivity index is 2.66. The fourth-order valence-corrected chi connectivity index (χ4v) is 1.56. The van der Waals surface area contributed by atoms with Crippen LogP contribution in [0.3, 0.4) is 0 Å². The van der Waals surface area contributed by atoms with Crippen molar-refractivity contribution in [2.75, 3.05) is 6.54 Å². The Labute approximate surface area is 116 Å². The van der Waals surface area contributed by atoms with Crippen LogP contribution in [0.15, 0.2) is 22.7 Å². The van der Waals surface area contributed by atoms with Crippen LogP contribution in [0.25, 0.3) is 0 Å². The molecule has 1 rings (SSSR count). The third-order valence-corrected chi connectivity index (χ3v) is 3.56. The second-order valence-corrected chi connectivity index (χ2v) is 6.17. The van der Waals surface area contributed by atoms with E-state index in [1.165, 1.54) is 0 Å². The monoisotopic (exact) mass is 311 g/mol. The maximum absolute atomic E-state index is 11.9. The van der Waals surface area contributed by atoms with Crippen LogP contribution in [0.5, 0.6) is 0 Å². The molecular weight excluding hydrogens is 294 g/mol. The topological polar surface area (TPSA) is 46.2 Å². The number of Topliss-reactive ketones (excluding diaryl/α,β-unsaturated/α-hetero) is 1. The molecule has 18 heavy (non-hydrogen) atoms. The Morgan fingerprint density at radius 2 is 1.89 bits per heavy atom. The van der Waals surface area contributed by atoms with Crippen molar-refractivity contribution in [3.63, 3.8) is 0 Å². The van der Waals surface area contributed by atoms with Gasteiger partial charge in [-0.1, -0.05) is 36.7 Å². The van der Waals surface area contributed by atoms with Crippen molar-refractivity contribution < 1.29 is 9.59 Å². The van der Waals surface area contributed by atoms with E-state index in [9.17, 15) is 9.59 Å². The first-order valence-corrected chi connectivity index (χ1v) is 6.59. The van der Waals surface area contributed by atoms with E-state index < -0.39 is 5.41 Å². The second-order valence-electron chi connectivity index (χ2n) is 5.32. The van der Waals surface area contributed by atoms with E-state index in [0.717, 1.165) is 10.0 Å². The molecule has 98 valence electrons. The number of carbonyl (C=O) groups is 2. The Morgan fingerprint density at radius 3 is 2.39 bits per heavy atom. The fraction of sp³-hybridized carbons (Fsp3) is 0.429. The Morgan fingerprint density at radius 1 is 1.28 bits per heavy atom. The second kappa shape index (κ2) is 5.65. The average molecular weight is 312 g/mol. The number of hydrogen-bond acceptors (Lipinski definition) is 2. The predicted molar refractivity (Wildman–Crippen MR) is 75.7 cm³/mol. The van der Waals surface area contributed by atoms with Crippen LogP contribution in [0.4, 0.5) is 0 Å². The van der Waals surface area contributed by atoms with Gasteiger partial charge in [0.15, 0.2) is 5.78 Å². The van der Waals surface area contributed by atoms with Crippen LogP contribution in [0.2, 0.25) is 0 Å². The summed E-state index contributed by atoms with van der Waals surface area (Å²) in [6, 6.07) is 5.35. The molecule has 0 atom stereocenters. The average Bonchev–Trinajstić information content (AvgIpc) is 2.27. The van der Waals surface area contributed by atoms with E-state index in [2.05, 4.69) is 21.2 Å². The van der Waals surface area contributed by atoms with Gasteiger partial charge in [0.2, 0.25) is 0 Å². The highest BCUT2D eigenvalue weighted by atomic mass is 79.9. The van der Waals surface area contributed by atoms with Crippen molar-refractivity contribution in [3.8, 4) is 0 Å². The molecule has 0 aromatic heterocycles. The molecule has 0 radical (unpaired) electrons. The van der Waals surface area contributed by atoms with E-state index >= 15 is 0 Å². The van der Waals surface area contributed by atoms with Crippen LogP contribution in [0.1, 0.15) is 36.7 Å². The molecule has 0 aliphatic carbocycles. The van der Waals surface area contributed by atoms with Crippen molar-refractivity contribution in [2.45, 2.75) is 27.7 Å². The summed E-state index contributed by atoms with van der Waals surface area (Å²) >= 11 is 3.38. The van der Waals surface area contributed by atoms with Gasteiger partial charge in [0, 0.05) is 15.5 Å². The summed E-state index contributed by atoms with van der Waals surface area (Å²) in [4.78, 5) is 23.6. The number of nitrogens with one attached hydrogen (secondary N) is 1. The number of hydrogen-bond donors (Lipinski definition) is 1. The highest BCUT2D eigenvalue weighted by Gasteiger charge is 2.21. The third-order valence-electron chi connectivity index (χ3n) is 2.67. The summed E-state index contributed by atoms with van der Waals surface area (Å²) in [7, 11) is 0. The smallest absolute Gasteiger partial charge is 0.251 e. The van der Waals surface area contributed by atoms with Gasteiger partial charge in [-0.2, -0.15) is 0 Å². The highest BCUT2D eigenvalue weighted by Crippen LogP contribution is 2.17. The fourth-order valence-electron chi connectivity index (χ4n) is 1.31. The van der Waals surface area contributed by atoms with Crippen molar-refractivity contribution in [1.29, 1.82) is 0 Å². The van der Waals surface area contributed by atoms with Crippen LogP contribution in [-0.4, -0.2) is 18.2 Å². The van der Waals surface area contributed by atoms with E-state index in [4.69, 9.17) is 0 Å². The number of aryl methyl sites for hydroxylation is 1. The van der Waals surface area contributed by atoms with Crippen LogP contribution < -0.4 is 5.32 Å². The maximum Gasteiger partial charge on any atom is 0.251 e. The van der Waals surface area contributed by atoms with Crippen molar-refractivity contribution in [2.24, 2.45) is 5.41 Å². The van der Waals surface area contributed by atoms with Gasteiger partial charge in [0.1, 0.15) is 0 Å². The first kappa shape index (κ1) is 14.9. The molecule has 0 aliphatic rings. The van der Waals surface area contributed by atoms with Gasteiger partial charge in [0.05, 0.1) is 6.54 Å². The Bertz CT molecular complexity index is 475. The molecular formula is C14H18BrNO2. The molecule has 1 amide bonds. The standard InChI is InChI=1S/C14H18BrNO2/c1-9-7-10(5-6-11(9)15)13(18)16-8-12(17)14(2,3)4/h5-7H,8H2,1-4H3,(H,16,18). The van der Waals surface area contributed by atoms with Crippen molar-refractivity contribution in [3.05, 3.63) is 33.8 Å². The summed E-state index contributed by atoms with van der Waals surface area (Å²) < 4.78 is 0.963. The van der Waals surface area contributed by atoms with Crippen LogP contribution >= 0.6 is 15.9 Å². The van der Waals surface area contributed by atoms with Crippen LogP contribution in [0, 0.1) is 12.3 Å². The zero-order valence-corrected chi connectivity index (χ0v) is 12.7. The molecule has 0 saturated carbocycles. The minimum atomic E-state index is -0.428. The number of rotatable bonds is 3. The zero-order valence-electron chi connectivity index (χ0n) is 11.1. The summed E-state index contributed by atoms with van der Waals surface area (Å²) in [5.41, 5.74) is 1.13. The largest absolute Gasteiger partial charge is 0.345 e. The highest BCUT2D eigenvalue weighted by molar-refractivity contribution is 9.10. The minimum Gasteiger partial charge on any atom is -0.345 e. The van der Waals surface area contributed by atoms with E-state index in [1.807, 2.05) is 33.8 Å². The lowest BCUT2D eigenvalue weighted by atomic mass is 9.91. The number of halogens is 1. The predicted octanol–water partition coefficient (Wildman–Crippen LogP) is 3.10. The van der Waals surface area contributed by atoms with Crippen molar-refractivity contribution in [1.82, 2.24) is 5.32 Å². The summed E-state index contributed by atoms with van der Waals surface area (Å²) in [5, 5.41) is 2.65. The van der Waals surface area contributed by atoms with E-state index in [-0.39, 0.29) is 18.2 Å². The number of ketones is 1. The Kier molecular flexibility index (Phi) is 4.68. The first-order valence-electron chi connectivity index (χ1n) is 5.79. The molecule has 4 heteroatoms. The Hall–Kier alpha value is -1.16. The number of benzene rings is 1. The number of amides is 1. The molecule has 0 heterocycles. The minimum absolute atomic E-state index is 0.0182. The third kappa shape index (κ3) is 3.95. The van der Waals surface area contributed by atoms with Gasteiger partial charge in [0.25, 0.3) is 5.91 Å². The summed E-state index contributed by atoms with van der Waals surface area (Å²) in [5.74, 6) is -0.201. The summed E-state index contributed by atoms with van der Waals surface area (Å²) in [6.07, 6.45) is 0. The van der Waals surface area contributed by atoms with Crippen LogP contribution in [-0.2, 0) is 4.79 Å². The molecule has 1 aromatic carbocycles. The lowest BCUT2D eigenvalue weighted by Crippen LogP contribution is -2.35. The molecule has 0 saturated heterocycles. The zero-order chi connectivity index (χ0) is 13.9. The quantitative estimate of drug-likeness (QED) is 0.932. The molecule has 0 spiro atoms. The van der Waals surface area contributed by atoms with Crippen molar-refractivity contribution >= 4 is 27.6 Å². The molecule has 0 aliphatic heterocycles. The SMILES string of the molecule is Cc1cc(C(=O)NCC(=O)C(C)(C)C)ccc1Br. The van der Waals surface area contributed by atoms with Gasteiger partial charge in [-0.15, -0.1) is 0 Å². The van der Waals surface area contributed by atoms with E-state index in [0.29, 0.717) is 5.56 Å². The van der Waals surface area contributed by atoms with Gasteiger partial charge in [-0.3, -0.25) is 9.59 Å². The van der Waals surface area contributed by atoms with Gasteiger partial charge in [-0.25, -0.2) is 0 Å². The first-order chi connectivity index (χ1) is 8.21. The maximum atomic E-state index is 11.9. The lowest BCUT2D eigenvalue weighted by molar-refractivity contribution is -0.125. The molecule has 1 aromatic rings. The van der Waals surface area contributed by atoms with Gasteiger partial charge >= 0.3 is 0 Å². The van der Waals surface area contributed by atoms with Gasteiger partial charge < -0.3 is 5.32 Å². The normalized spacial score (nSPS) is 11.2. The molecule has 1 N–H and O–H groups in total. The molecule has 0 unspecified atom stereocenters. The molecule has 3 nitrogen and oxygen atoms in total. The molecule has 0 fully saturated rings.